The quantitative estimate of drug-likeness (QED) is 0.813. The van der Waals surface area contributed by atoms with E-state index in [0.717, 1.165) is 24.4 Å². The molecule has 0 bridgehead atoms. The molecule has 0 heterocycles. The van der Waals surface area contributed by atoms with Crippen LogP contribution in [0.3, 0.4) is 0 Å². The van der Waals surface area contributed by atoms with Crippen LogP contribution in [0.25, 0.3) is 0 Å². The van der Waals surface area contributed by atoms with Crippen LogP contribution in [-0.2, 0) is 0 Å². The lowest BCUT2D eigenvalue weighted by Gasteiger charge is -2.21. The Kier molecular flexibility index (Phi) is 4.01. The third kappa shape index (κ3) is 4.73. The molecule has 2 nitrogen and oxygen atoms in total. The minimum absolute atomic E-state index is 0.127. The van der Waals surface area contributed by atoms with Gasteiger partial charge in [0.25, 0.3) is 0 Å². The van der Waals surface area contributed by atoms with Crippen LogP contribution in [-0.4, -0.2) is 12.1 Å². The van der Waals surface area contributed by atoms with Gasteiger partial charge in [-0.25, -0.2) is 0 Å². The van der Waals surface area contributed by atoms with E-state index in [-0.39, 0.29) is 5.60 Å². The minimum atomic E-state index is -0.127. The van der Waals surface area contributed by atoms with Gasteiger partial charge in [-0.1, -0.05) is 6.92 Å². The predicted molar refractivity (Wildman–Crippen MR) is 65.6 cm³/mol. The molecule has 0 radical (unpaired) electrons. The number of benzene rings is 1. The van der Waals surface area contributed by atoms with E-state index in [1.807, 2.05) is 12.1 Å². The largest absolute Gasteiger partial charge is 0.488 e. The normalized spacial score (nSPS) is 11.2. The summed E-state index contributed by atoms with van der Waals surface area (Å²) in [6.45, 7) is 9.33. The highest BCUT2D eigenvalue weighted by Crippen LogP contribution is 2.20. The molecule has 15 heavy (non-hydrogen) atoms. The van der Waals surface area contributed by atoms with Crippen molar-refractivity contribution in [3.05, 3.63) is 24.3 Å². The molecule has 1 rings (SSSR count). The third-order valence-electron chi connectivity index (χ3n) is 1.86. The van der Waals surface area contributed by atoms with Crippen molar-refractivity contribution in [1.82, 2.24) is 0 Å². The Hall–Kier alpha value is -1.18. The zero-order chi connectivity index (χ0) is 11.3. The second kappa shape index (κ2) is 5.06. The van der Waals surface area contributed by atoms with Crippen LogP contribution in [0.4, 0.5) is 5.69 Å². The van der Waals surface area contributed by atoms with E-state index in [0.29, 0.717) is 0 Å². The van der Waals surface area contributed by atoms with Gasteiger partial charge < -0.3 is 10.1 Å². The van der Waals surface area contributed by atoms with E-state index in [1.165, 1.54) is 0 Å². The maximum atomic E-state index is 5.73. The van der Waals surface area contributed by atoms with Crippen molar-refractivity contribution >= 4 is 5.69 Å². The van der Waals surface area contributed by atoms with Gasteiger partial charge in [-0.15, -0.1) is 0 Å². The summed E-state index contributed by atoms with van der Waals surface area (Å²) in [6, 6.07) is 8.11. The van der Waals surface area contributed by atoms with Crippen molar-refractivity contribution < 1.29 is 4.74 Å². The zero-order valence-electron chi connectivity index (χ0n) is 10.1. The van der Waals surface area contributed by atoms with Gasteiger partial charge >= 0.3 is 0 Å². The Morgan fingerprint density at radius 1 is 1.13 bits per heavy atom. The lowest BCUT2D eigenvalue weighted by molar-refractivity contribution is 0.131. The standard InChI is InChI=1S/C13H21NO/c1-5-10-14-11-6-8-12(9-7-11)15-13(2,3)4/h6-9,14H,5,10H2,1-4H3. The highest BCUT2D eigenvalue weighted by atomic mass is 16.5. The highest BCUT2D eigenvalue weighted by molar-refractivity contribution is 5.46. The number of hydrogen-bond acceptors (Lipinski definition) is 2. The Balaban J connectivity index is 2.56. The molecule has 0 unspecified atom stereocenters. The van der Waals surface area contributed by atoms with Crippen molar-refractivity contribution in [2.75, 3.05) is 11.9 Å². The Labute approximate surface area is 92.6 Å². The molecule has 0 fully saturated rings. The van der Waals surface area contributed by atoms with E-state index < -0.39 is 0 Å². The van der Waals surface area contributed by atoms with E-state index in [9.17, 15) is 0 Å². The molecule has 0 aromatic heterocycles. The molecule has 0 aliphatic heterocycles. The molecular formula is C13H21NO. The molecule has 0 spiro atoms. The van der Waals surface area contributed by atoms with Crippen LogP contribution >= 0.6 is 0 Å². The van der Waals surface area contributed by atoms with Gasteiger partial charge in [0.05, 0.1) is 0 Å². The molecular weight excluding hydrogens is 186 g/mol. The van der Waals surface area contributed by atoms with Gasteiger partial charge in [-0.3, -0.25) is 0 Å². The van der Waals surface area contributed by atoms with Crippen molar-refractivity contribution in [3.63, 3.8) is 0 Å². The second-order valence-corrected chi connectivity index (χ2v) is 4.67. The van der Waals surface area contributed by atoms with Crippen LogP contribution in [0, 0.1) is 0 Å². The first-order valence-corrected chi connectivity index (χ1v) is 5.54. The molecule has 0 amide bonds. The molecule has 0 aliphatic rings. The van der Waals surface area contributed by atoms with E-state index in [4.69, 9.17) is 4.74 Å². The SMILES string of the molecule is CCCNc1ccc(OC(C)(C)C)cc1. The van der Waals surface area contributed by atoms with Crippen LogP contribution in [0.15, 0.2) is 24.3 Å². The average molecular weight is 207 g/mol. The Bertz CT molecular complexity index is 284. The van der Waals surface area contributed by atoms with Crippen LogP contribution in [0.5, 0.6) is 5.75 Å². The summed E-state index contributed by atoms with van der Waals surface area (Å²) < 4.78 is 5.73. The number of rotatable bonds is 4. The highest BCUT2D eigenvalue weighted by Gasteiger charge is 2.10. The van der Waals surface area contributed by atoms with Gasteiger partial charge in [0.15, 0.2) is 0 Å². The smallest absolute Gasteiger partial charge is 0.120 e. The molecule has 1 N–H and O–H groups in total. The Morgan fingerprint density at radius 2 is 1.73 bits per heavy atom. The summed E-state index contributed by atoms with van der Waals surface area (Å²) in [7, 11) is 0. The molecule has 0 aliphatic carbocycles. The molecule has 0 saturated carbocycles. The maximum Gasteiger partial charge on any atom is 0.120 e. The monoisotopic (exact) mass is 207 g/mol. The Morgan fingerprint density at radius 3 is 2.20 bits per heavy atom. The predicted octanol–water partition coefficient (Wildman–Crippen LogP) is 3.69. The van der Waals surface area contributed by atoms with E-state index in [2.05, 4.69) is 45.1 Å². The summed E-state index contributed by atoms with van der Waals surface area (Å²) in [5, 5.41) is 3.33. The fraction of sp³-hybridized carbons (Fsp3) is 0.538. The van der Waals surface area contributed by atoms with Gasteiger partial charge in [-0.2, -0.15) is 0 Å². The minimum Gasteiger partial charge on any atom is -0.488 e. The van der Waals surface area contributed by atoms with Crippen molar-refractivity contribution in [2.24, 2.45) is 0 Å². The van der Waals surface area contributed by atoms with Gasteiger partial charge in [0.1, 0.15) is 11.4 Å². The van der Waals surface area contributed by atoms with Gasteiger partial charge in [-0.05, 0) is 51.5 Å². The number of nitrogens with one attached hydrogen (secondary N) is 1. The van der Waals surface area contributed by atoms with Crippen molar-refractivity contribution in [3.8, 4) is 5.75 Å². The lowest BCUT2D eigenvalue weighted by Crippen LogP contribution is -2.22. The van der Waals surface area contributed by atoms with Crippen LogP contribution < -0.4 is 10.1 Å². The molecule has 0 atom stereocenters. The summed E-state index contributed by atoms with van der Waals surface area (Å²) in [4.78, 5) is 0. The van der Waals surface area contributed by atoms with Crippen molar-refractivity contribution in [2.45, 2.75) is 39.7 Å². The first-order valence-electron chi connectivity index (χ1n) is 5.54. The number of hydrogen-bond donors (Lipinski definition) is 1. The van der Waals surface area contributed by atoms with Crippen LogP contribution in [0.1, 0.15) is 34.1 Å². The van der Waals surface area contributed by atoms with E-state index >= 15 is 0 Å². The fourth-order valence-corrected chi connectivity index (χ4v) is 1.26. The molecule has 2 heteroatoms. The number of anilines is 1. The average Bonchev–Trinajstić information content (AvgIpc) is 2.14. The first kappa shape index (κ1) is 11.9. The summed E-state index contributed by atoms with van der Waals surface area (Å²) in [6.07, 6.45) is 1.14. The summed E-state index contributed by atoms with van der Waals surface area (Å²) in [5.74, 6) is 0.921. The van der Waals surface area contributed by atoms with Gasteiger partial charge in [0, 0.05) is 12.2 Å². The molecule has 1 aromatic carbocycles. The van der Waals surface area contributed by atoms with E-state index in [1.54, 1.807) is 0 Å². The molecule has 84 valence electrons. The van der Waals surface area contributed by atoms with Gasteiger partial charge in [0.2, 0.25) is 0 Å². The first-order chi connectivity index (χ1) is 7.01. The fourth-order valence-electron chi connectivity index (χ4n) is 1.26. The topological polar surface area (TPSA) is 21.3 Å². The second-order valence-electron chi connectivity index (χ2n) is 4.67. The summed E-state index contributed by atoms with van der Waals surface area (Å²) >= 11 is 0. The molecule has 0 saturated heterocycles. The lowest BCUT2D eigenvalue weighted by atomic mass is 10.2. The maximum absolute atomic E-state index is 5.73. The van der Waals surface area contributed by atoms with Crippen LogP contribution in [0.2, 0.25) is 0 Å². The third-order valence-corrected chi connectivity index (χ3v) is 1.86. The van der Waals surface area contributed by atoms with Crippen molar-refractivity contribution in [1.29, 1.82) is 0 Å². The zero-order valence-corrected chi connectivity index (χ0v) is 10.1. The molecule has 1 aromatic rings. The number of ether oxygens (including phenoxy) is 1. The summed E-state index contributed by atoms with van der Waals surface area (Å²) in [5.41, 5.74) is 1.02.